The monoisotopic (exact) mass is 388 g/mol. The number of rotatable bonds is 2. The molecule has 146 valence electrons. The Hall–Kier alpha value is -3.68. The zero-order valence-corrected chi connectivity index (χ0v) is 15.7. The predicted octanol–water partition coefficient (Wildman–Crippen LogP) is 1.26. The fourth-order valence-electron chi connectivity index (χ4n) is 4.17. The molecule has 2 aliphatic carbocycles. The summed E-state index contributed by atoms with van der Waals surface area (Å²) in [5.74, 6) is 0.193. The number of nitrogens with zero attached hydrogens (tertiary/aromatic N) is 5. The smallest absolute Gasteiger partial charge is 0.339 e. The number of hydrazone groups is 1. The summed E-state index contributed by atoms with van der Waals surface area (Å²) < 4.78 is 0. The average Bonchev–Trinajstić information content (AvgIpc) is 2.77. The number of anilines is 1. The van der Waals surface area contributed by atoms with Gasteiger partial charge in [0.1, 0.15) is 11.1 Å². The van der Waals surface area contributed by atoms with E-state index in [1.165, 1.54) is 0 Å². The number of amidine groups is 1. The van der Waals surface area contributed by atoms with Gasteiger partial charge in [-0.05, 0) is 17.7 Å². The molecule has 5 rings (SSSR count). The molecule has 0 aromatic carbocycles. The first kappa shape index (κ1) is 17.4. The molecule has 0 amide bonds. The van der Waals surface area contributed by atoms with E-state index < -0.39 is 11.5 Å². The minimum atomic E-state index is -0.970. The van der Waals surface area contributed by atoms with Crippen LogP contribution in [-0.4, -0.2) is 63.5 Å². The first-order valence-corrected chi connectivity index (χ1v) is 9.54. The van der Waals surface area contributed by atoms with Gasteiger partial charge in [0.2, 0.25) is 5.95 Å². The van der Waals surface area contributed by atoms with Gasteiger partial charge in [-0.15, -0.1) is 0 Å². The molecule has 3 heterocycles. The molecule has 2 N–H and O–H groups in total. The largest absolute Gasteiger partial charge is 0.478 e. The molecule has 1 spiro atoms. The van der Waals surface area contributed by atoms with Crippen LogP contribution in [0.25, 0.3) is 0 Å². The highest BCUT2D eigenvalue weighted by atomic mass is 16.4. The molecule has 1 fully saturated rings. The highest BCUT2D eigenvalue weighted by Gasteiger charge is 2.44. The molecule has 1 aromatic heterocycles. The van der Waals surface area contributed by atoms with Gasteiger partial charge in [-0.3, -0.25) is 5.43 Å². The molecule has 1 unspecified atom stereocenters. The van der Waals surface area contributed by atoms with Crippen molar-refractivity contribution in [3.8, 4) is 0 Å². The van der Waals surface area contributed by atoms with Gasteiger partial charge in [-0.1, -0.05) is 36.5 Å². The lowest BCUT2D eigenvalue weighted by Gasteiger charge is -2.43. The summed E-state index contributed by atoms with van der Waals surface area (Å²) >= 11 is 0. The van der Waals surface area contributed by atoms with Gasteiger partial charge in [-0.25, -0.2) is 14.8 Å². The van der Waals surface area contributed by atoms with Crippen molar-refractivity contribution >= 4 is 17.8 Å². The summed E-state index contributed by atoms with van der Waals surface area (Å²) in [6.07, 6.45) is 17.0. The molecular weight excluding hydrogens is 368 g/mol. The van der Waals surface area contributed by atoms with Crippen molar-refractivity contribution in [2.45, 2.75) is 5.54 Å². The zero-order chi connectivity index (χ0) is 19.8. The molecule has 4 aliphatic rings. The van der Waals surface area contributed by atoms with Crippen molar-refractivity contribution < 1.29 is 9.90 Å². The molecular formula is C21H20N6O2. The molecule has 0 radical (unpaired) electrons. The van der Waals surface area contributed by atoms with Crippen molar-refractivity contribution in [1.29, 1.82) is 0 Å². The number of aromatic nitrogens is 2. The summed E-state index contributed by atoms with van der Waals surface area (Å²) in [5.41, 5.74) is 4.45. The third-order valence-electron chi connectivity index (χ3n) is 5.61. The van der Waals surface area contributed by atoms with Crippen LogP contribution in [0.2, 0.25) is 0 Å². The molecule has 0 bridgehead atoms. The van der Waals surface area contributed by atoms with Crippen LogP contribution in [0.1, 0.15) is 0 Å². The lowest BCUT2D eigenvalue weighted by molar-refractivity contribution is -0.132. The summed E-state index contributed by atoms with van der Waals surface area (Å²) in [5, 5.41) is 14.6. The zero-order valence-electron chi connectivity index (χ0n) is 15.7. The number of nitrogens with one attached hydrogen (secondary N) is 1. The van der Waals surface area contributed by atoms with Crippen LogP contribution in [0.5, 0.6) is 0 Å². The second kappa shape index (κ2) is 6.73. The van der Waals surface area contributed by atoms with Crippen LogP contribution < -0.4 is 10.3 Å². The Balaban J connectivity index is 1.44. The number of carboxylic acids is 1. The van der Waals surface area contributed by atoms with Crippen molar-refractivity contribution in [2.24, 2.45) is 5.10 Å². The van der Waals surface area contributed by atoms with E-state index in [1.807, 2.05) is 47.4 Å². The molecule has 1 saturated heterocycles. The summed E-state index contributed by atoms with van der Waals surface area (Å²) in [6, 6.07) is 1.79. The van der Waals surface area contributed by atoms with E-state index in [2.05, 4.69) is 25.4 Å². The Morgan fingerprint density at radius 1 is 1.03 bits per heavy atom. The lowest BCUT2D eigenvalue weighted by Crippen LogP contribution is -2.55. The summed E-state index contributed by atoms with van der Waals surface area (Å²) in [4.78, 5) is 25.0. The molecule has 29 heavy (non-hydrogen) atoms. The van der Waals surface area contributed by atoms with E-state index in [-0.39, 0.29) is 5.57 Å². The van der Waals surface area contributed by atoms with Gasteiger partial charge >= 0.3 is 5.97 Å². The number of hydrogen-bond donors (Lipinski definition) is 2. The number of piperazine rings is 1. The second-order valence-corrected chi connectivity index (χ2v) is 7.17. The Kier molecular flexibility index (Phi) is 4.04. The van der Waals surface area contributed by atoms with E-state index in [9.17, 15) is 9.90 Å². The number of hydrogen-bond acceptors (Lipinski definition) is 7. The summed E-state index contributed by atoms with van der Waals surface area (Å²) in [7, 11) is 0. The maximum Gasteiger partial charge on any atom is 0.339 e. The van der Waals surface area contributed by atoms with Gasteiger partial charge in [0.15, 0.2) is 5.84 Å². The van der Waals surface area contributed by atoms with Crippen molar-refractivity contribution in [1.82, 2.24) is 20.3 Å². The van der Waals surface area contributed by atoms with Crippen LogP contribution >= 0.6 is 0 Å². The first-order chi connectivity index (χ1) is 14.2. The SMILES string of the molecule is O=C(O)C1=C2C=CC=C3C=CC=CC32NN=C1N1CCN(c2ncccn2)CC1. The number of aliphatic carboxylic acids is 1. The van der Waals surface area contributed by atoms with Gasteiger partial charge in [0.25, 0.3) is 0 Å². The second-order valence-electron chi connectivity index (χ2n) is 7.17. The van der Waals surface area contributed by atoms with E-state index in [0.29, 0.717) is 43.5 Å². The van der Waals surface area contributed by atoms with E-state index in [1.54, 1.807) is 18.5 Å². The highest BCUT2D eigenvalue weighted by Crippen LogP contribution is 2.39. The Morgan fingerprint density at radius 2 is 1.79 bits per heavy atom. The molecule has 2 aliphatic heterocycles. The van der Waals surface area contributed by atoms with Crippen molar-refractivity contribution in [2.75, 3.05) is 31.1 Å². The molecule has 0 saturated carbocycles. The van der Waals surface area contributed by atoms with E-state index in [4.69, 9.17) is 0 Å². The van der Waals surface area contributed by atoms with Crippen LogP contribution in [0, 0.1) is 0 Å². The summed E-state index contributed by atoms with van der Waals surface area (Å²) in [6.45, 7) is 2.66. The third-order valence-corrected chi connectivity index (χ3v) is 5.61. The van der Waals surface area contributed by atoms with Gasteiger partial charge in [0, 0.05) is 44.1 Å². The van der Waals surface area contributed by atoms with Gasteiger partial charge in [-0.2, -0.15) is 5.10 Å². The highest BCUT2D eigenvalue weighted by molar-refractivity contribution is 6.20. The van der Waals surface area contributed by atoms with Gasteiger partial charge in [0.05, 0.1) is 0 Å². The van der Waals surface area contributed by atoms with Crippen LogP contribution in [0.3, 0.4) is 0 Å². The van der Waals surface area contributed by atoms with E-state index >= 15 is 0 Å². The van der Waals surface area contributed by atoms with Gasteiger partial charge < -0.3 is 14.9 Å². The third kappa shape index (κ3) is 2.75. The fraction of sp³-hybridized carbons (Fsp3) is 0.238. The normalized spacial score (nSPS) is 25.1. The minimum Gasteiger partial charge on any atom is -0.478 e. The molecule has 1 aromatic rings. The van der Waals surface area contributed by atoms with Crippen LogP contribution in [-0.2, 0) is 4.79 Å². The van der Waals surface area contributed by atoms with Crippen molar-refractivity contribution in [3.05, 3.63) is 77.7 Å². The quantitative estimate of drug-likeness (QED) is 0.788. The molecule has 8 nitrogen and oxygen atoms in total. The maximum atomic E-state index is 12.3. The Bertz CT molecular complexity index is 1030. The molecule has 1 atom stereocenters. The minimum absolute atomic E-state index is 0.245. The molecule has 8 heteroatoms. The lowest BCUT2D eigenvalue weighted by atomic mass is 9.74. The number of carbonyl (C=O) groups is 1. The number of allylic oxidation sites excluding steroid dienone is 4. The first-order valence-electron chi connectivity index (χ1n) is 9.54. The average molecular weight is 388 g/mol. The van der Waals surface area contributed by atoms with Crippen LogP contribution in [0.15, 0.2) is 82.8 Å². The topological polar surface area (TPSA) is 93.9 Å². The Morgan fingerprint density at radius 3 is 2.55 bits per heavy atom. The Labute approximate surface area is 167 Å². The van der Waals surface area contributed by atoms with Crippen LogP contribution in [0.4, 0.5) is 5.95 Å². The standard InChI is InChI=1S/C21H20N6O2/c28-19(29)17-16-7-3-6-15-5-1-2-8-21(15,16)25-24-18(17)26-11-13-27(14-12-26)20-22-9-4-10-23-20/h1-10,25H,11-14H2,(H,28,29). The fourth-order valence-corrected chi connectivity index (χ4v) is 4.17. The predicted molar refractivity (Wildman–Crippen MR) is 109 cm³/mol. The van der Waals surface area contributed by atoms with E-state index in [0.717, 1.165) is 5.57 Å². The van der Waals surface area contributed by atoms with Crippen molar-refractivity contribution in [3.63, 3.8) is 0 Å². The maximum absolute atomic E-state index is 12.3. The number of carboxylic acid groups (broad SMARTS) is 1.